The minimum absolute atomic E-state index is 0.138. The molecule has 0 aliphatic carbocycles. The summed E-state index contributed by atoms with van der Waals surface area (Å²) in [5.74, 6) is -0.962. The zero-order valence-electron chi connectivity index (χ0n) is 39.4. The molecule has 3 atom stereocenters. The van der Waals surface area contributed by atoms with E-state index >= 15 is 0 Å². The van der Waals surface area contributed by atoms with E-state index in [1.54, 1.807) is 0 Å². The maximum atomic E-state index is 12.7. The fourth-order valence-corrected chi connectivity index (χ4v) is 7.96. The Bertz CT molecular complexity index is 1070. The van der Waals surface area contributed by atoms with Crippen LogP contribution >= 0.6 is 7.82 Å². The Morgan fingerprint density at radius 3 is 1.23 bits per heavy atom. The topological polar surface area (TPSA) is 149 Å². The van der Waals surface area contributed by atoms with Gasteiger partial charge < -0.3 is 24.6 Å². The lowest BCUT2D eigenvalue weighted by Gasteiger charge is -2.20. The van der Waals surface area contributed by atoms with Gasteiger partial charge in [0.2, 0.25) is 0 Å². The highest BCUT2D eigenvalue weighted by Crippen LogP contribution is 2.43. The zero-order valence-corrected chi connectivity index (χ0v) is 40.3. The summed E-state index contributed by atoms with van der Waals surface area (Å²) in [4.78, 5) is 35.1. The third-order valence-electron chi connectivity index (χ3n) is 11.1. The van der Waals surface area contributed by atoms with E-state index in [0.29, 0.717) is 12.8 Å². The third-order valence-corrected chi connectivity index (χ3v) is 12.0. The first-order valence-electron chi connectivity index (χ1n) is 25.3. The van der Waals surface area contributed by atoms with Crippen LogP contribution in [0.5, 0.6) is 0 Å². The van der Waals surface area contributed by atoms with Gasteiger partial charge in [-0.2, -0.15) is 0 Å². The quantitative estimate of drug-likeness (QED) is 0.0233. The average Bonchev–Trinajstić information content (AvgIpc) is 3.25. The van der Waals surface area contributed by atoms with Crippen LogP contribution in [-0.4, -0.2) is 65.7 Å². The van der Waals surface area contributed by atoms with Crippen molar-refractivity contribution in [1.82, 2.24) is 0 Å². The maximum Gasteiger partial charge on any atom is 0.472 e. The Morgan fingerprint density at radius 2 is 0.820 bits per heavy atom. The number of allylic oxidation sites excluding steroid dienone is 4. The zero-order chi connectivity index (χ0) is 44.8. The van der Waals surface area contributed by atoms with Gasteiger partial charge in [0, 0.05) is 12.8 Å². The van der Waals surface area contributed by atoms with Gasteiger partial charge >= 0.3 is 19.8 Å². The molecule has 0 heterocycles. The summed E-state index contributed by atoms with van der Waals surface area (Å²) in [7, 11) is -4.63. The number of carbonyl (C=O) groups is 2. The molecule has 360 valence electrons. The number of hydrogen-bond acceptors (Lipinski definition) is 9. The number of hydrogen-bond donors (Lipinski definition) is 3. The molecule has 0 fully saturated rings. The number of rotatable bonds is 48. The van der Waals surface area contributed by atoms with Gasteiger partial charge in [-0.05, 0) is 57.8 Å². The van der Waals surface area contributed by atoms with Crippen LogP contribution < -0.4 is 0 Å². The molecule has 0 radical (unpaired) electrons. The molecule has 0 aromatic rings. The Labute approximate surface area is 374 Å². The van der Waals surface area contributed by atoms with E-state index in [4.69, 9.17) is 23.6 Å². The molecule has 0 bridgehead atoms. The van der Waals surface area contributed by atoms with Gasteiger partial charge in [0.15, 0.2) is 6.10 Å². The van der Waals surface area contributed by atoms with Gasteiger partial charge in [-0.1, -0.05) is 199 Å². The molecule has 0 saturated heterocycles. The standard InChI is InChI=1S/C50H95O10P/c1-3-5-7-9-11-13-15-17-19-20-21-22-23-24-25-26-28-30-32-34-36-38-40-42-50(54)60-48(46-59-61(55,56)58-44-47(52)43-51)45-57-49(53)41-39-37-35-33-31-29-27-18-16-14-12-10-8-6-4-2/h18,27,34,36,47-48,51-52H,3-17,19-26,28-33,35,37-46H2,1-2H3,(H,55,56)/b27-18+,36-34+/t47-,48+/m0/s1. The predicted octanol–water partition coefficient (Wildman–Crippen LogP) is 14.1. The lowest BCUT2D eigenvalue weighted by Crippen LogP contribution is -2.29. The summed E-state index contributed by atoms with van der Waals surface area (Å²) in [6.45, 7) is 2.38. The first kappa shape index (κ1) is 59.5. The first-order valence-corrected chi connectivity index (χ1v) is 26.8. The molecule has 0 spiro atoms. The number of phosphoric ester groups is 1. The van der Waals surface area contributed by atoms with Crippen molar-refractivity contribution >= 4 is 19.8 Å². The second kappa shape index (κ2) is 46.4. The summed E-state index contributed by atoms with van der Waals surface area (Å²) in [6.07, 6.45) is 48.8. The maximum absolute atomic E-state index is 12.7. The second-order valence-electron chi connectivity index (χ2n) is 17.2. The number of phosphoric acid groups is 1. The lowest BCUT2D eigenvalue weighted by atomic mass is 10.0. The molecule has 11 heteroatoms. The van der Waals surface area contributed by atoms with Gasteiger partial charge in [0.1, 0.15) is 12.7 Å². The molecule has 3 N–H and O–H groups in total. The van der Waals surface area contributed by atoms with E-state index in [1.807, 2.05) is 0 Å². The Balaban J connectivity index is 4.18. The SMILES string of the molecule is CCCCCCCC/C=C/CCCCCCCC(=O)OC[C@H](COP(=O)(O)OC[C@@H](O)CO)OC(=O)CCC/C=C/CCCCCCCCCCCCCCCCCCCC. The monoisotopic (exact) mass is 887 g/mol. The highest BCUT2D eigenvalue weighted by atomic mass is 31.2. The number of ether oxygens (including phenoxy) is 2. The van der Waals surface area contributed by atoms with Gasteiger partial charge in [-0.15, -0.1) is 0 Å². The van der Waals surface area contributed by atoms with Crippen molar-refractivity contribution in [2.75, 3.05) is 26.4 Å². The fourth-order valence-electron chi connectivity index (χ4n) is 7.17. The summed E-state index contributed by atoms with van der Waals surface area (Å²) in [5.41, 5.74) is 0. The number of esters is 2. The molecular formula is C50H95O10P. The van der Waals surface area contributed by atoms with Crippen LogP contribution in [0.15, 0.2) is 24.3 Å². The molecule has 61 heavy (non-hydrogen) atoms. The largest absolute Gasteiger partial charge is 0.472 e. The van der Waals surface area contributed by atoms with Gasteiger partial charge in [0.05, 0.1) is 19.8 Å². The van der Waals surface area contributed by atoms with Crippen LogP contribution in [0.2, 0.25) is 0 Å². The normalized spacial score (nSPS) is 13.9. The predicted molar refractivity (Wildman–Crippen MR) is 252 cm³/mol. The minimum Gasteiger partial charge on any atom is -0.462 e. The molecule has 0 aliphatic rings. The molecule has 0 aromatic carbocycles. The third kappa shape index (κ3) is 46.3. The van der Waals surface area contributed by atoms with Crippen molar-refractivity contribution < 1.29 is 47.8 Å². The Hall–Kier alpha value is -1.55. The van der Waals surface area contributed by atoms with Crippen molar-refractivity contribution in [3.05, 3.63) is 24.3 Å². The van der Waals surface area contributed by atoms with Gasteiger partial charge in [-0.25, -0.2) is 4.57 Å². The lowest BCUT2D eigenvalue weighted by molar-refractivity contribution is -0.161. The van der Waals surface area contributed by atoms with Crippen LogP contribution in [-0.2, 0) is 32.7 Å². The average molecular weight is 887 g/mol. The van der Waals surface area contributed by atoms with E-state index < -0.39 is 51.8 Å². The van der Waals surface area contributed by atoms with E-state index in [1.165, 1.54) is 161 Å². The number of aliphatic hydroxyl groups is 2. The second-order valence-corrected chi connectivity index (χ2v) is 18.6. The van der Waals surface area contributed by atoms with Gasteiger partial charge in [0.25, 0.3) is 0 Å². The Morgan fingerprint density at radius 1 is 0.475 bits per heavy atom. The van der Waals surface area contributed by atoms with Crippen LogP contribution in [0.3, 0.4) is 0 Å². The number of carbonyl (C=O) groups excluding carboxylic acids is 2. The molecule has 0 aliphatic heterocycles. The highest BCUT2D eigenvalue weighted by molar-refractivity contribution is 7.47. The van der Waals surface area contributed by atoms with E-state index in [2.05, 4.69) is 38.2 Å². The molecule has 0 rings (SSSR count). The highest BCUT2D eigenvalue weighted by Gasteiger charge is 2.27. The van der Waals surface area contributed by atoms with Crippen molar-refractivity contribution in [2.45, 2.75) is 257 Å². The summed E-state index contributed by atoms with van der Waals surface area (Å²) < 4.78 is 32.8. The molecular weight excluding hydrogens is 792 g/mol. The number of aliphatic hydroxyl groups excluding tert-OH is 2. The van der Waals surface area contributed by atoms with Crippen LogP contribution in [0.4, 0.5) is 0 Å². The fraction of sp³-hybridized carbons (Fsp3) is 0.880. The molecule has 0 aromatic heterocycles. The van der Waals surface area contributed by atoms with Crippen LogP contribution in [0.1, 0.15) is 245 Å². The van der Waals surface area contributed by atoms with E-state index in [9.17, 15) is 24.2 Å². The Kier molecular flexibility index (Phi) is 45.3. The van der Waals surface area contributed by atoms with Crippen molar-refractivity contribution in [3.63, 3.8) is 0 Å². The van der Waals surface area contributed by atoms with Crippen LogP contribution in [0.25, 0.3) is 0 Å². The molecule has 1 unspecified atom stereocenters. The minimum atomic E-state index is -4.63. The van der Waals surface area contributed by atoms with Crippen molar-refractivity contribution in [3.8, 4) is 0 Å². The summed E-state index contributed by atoms with van der Waals surface area (Å²) in [6, 6.07) is 0. The summed E-state index contributed by atoms with van der Waals surface area (Å²) >= 11 is 0. The molecule has 10 nitrogen and oxygen atoms in total. The van der Waals surface area contributed by atoms with Crippen molar-refractivity contribution in [1.29, 1.82) is 0 Å². The first-order chi connectivity index (χ1) is 29.7. The van der Waals surface area contributed by atoms with Crippen LogP contribution in [0, 0.1) is 0 Å². The smallest absolute Gasteiger partial charge is 0.462 e. The summed E-state index contributed by atoms with van der Waals surface area (Å²) in [5, 5.41) is 18.4. The molecule has 0 amide bonds. The van der Waals surface area contributed by atoms with Crippen molar-refractivity contribution in [2.24, 2.45) is 0 Å². The molecule has 0 saturated carbocycles. The van der Waals surface area contributed by atoms with Gasteiger partial charge in [-0.3, -0.25) is 18.6 Å². The van der Waals surface area contributed by atoms with E-state index in [-0.39, 0.29) is 19.4 Å². The van der Waals surface area contributed by atoms with E-state index in [0.717, 1.165) is 44.9 Å². The number of unbranched alkanes of at least 4 members (excludes halogenated alkanes) is 30.